The molecule has 3 aromatic heterocycles. The second-order valence-electron chi connectivity index (χ2n) is 7.53. The topological polar surface area (TPSA) is 98.8 Å². The molecule has 0 radical (unpaired) electrons. The second kappa shape index (κ2) is 8.00. The molecule has 1 atom stereocenters. The van der Waals surface area contributed by atoms with Gasteiger partial charge in [0.2, 0.25) is 0 Å². The molecule has 7 nitrogen and oxygen atoms in total. The number of carbonyl (C=O) groups is 1. The van der Waals surface area contributed by atoms with E-state index in [1.165, 1.54) is 0 Å². The molecular formula is C22H19Cl2N5O2. The number of benzene rings is 1. The van der Waals surface area contributed by atoms with Gasteiger partial charge in [0.05, 0.1) is 29.3 Å². The summed E-state index contributed by atoms with van der Waals surface area (Å²) in [6, 6.07) is 7.40. The number of hydrogen-bond acceptors (Lipinski definition) is 5. The highest BCUT2D eigenvalue weighted by molar-refractivity contribution is 6.32. The lowest BCUT2D eigenvalue weighted by Gasteiger charge is -2.24. The van der Waals surface area contributed by atoms with Crippen LogP contribution in [0.3, 0.4) is 0 Å². The van der Waals surface area contributed by atoms with Gasteiger partial charge in [-0.2, -0.15) is 5.10 Å². The number of nitrogens with two attached hydrogens (primary N) is 1. The van der Waals surface area contributed by atoms with E-state index in [0.29, 0.717) is 53.1 Å². The molecule has 5 rings (SSSR count). The first kappa shape index (κ1) is 20.1. The maximum Gasteiger partial charge on any atom is 0.171 e. The summed E-state index contributed by atoms with van der Waals surface area (Å²) in [5, 5.41) is 8.43. The summed E-state index contributed by atoms with van der Waals surface area (Å²) in [5.41, 5.74) is 9.61. The van der Waals surface area contributed by atoms with E-state index in [1.54, 1.807) is 18.5 Å². The van der Waals surface area contributed by atoms with Crippen LogP contribution in [0, 0.1) is 5.92 Å². The lowest BCUT2D eigenvalue weighted by atomic mass is 9.90. The number of nitrogens with zero attached hydrogens (tertiary/aromatic N) is 3. The molecule has 1 aliphatic rings. The molecule has 1 unspecified atom stereocenters. The number of Topliss-reactive ketones (excluding diaryl/α,β-unsaturated/α-hetero) is 1. The van der Waals surface area contributed by atoms with Crippen LogP contribution in [0.2, 0.25) is 10.2 Å². The van der Waals surface area contributed by atoms with Crippen molar-refractivity contribution in [2.75, 3.05) is 13.2 Å². The number of halogens is 2. The summed E-state index contributed by atoms with van der Waals surface area (Å²) < 4.78 is 7.82. The third-order valence-corrected chi connectivity index (χ3v) is 6.09. The molecule has 1 aliphatic heterocycles. The van der Waals surface area contributed by atoms with Crippen molar-refractivity contribution in [1.29, 1.82) is 0 Å². The van der Waals surface area contributed by atoms with Crippen LogP contribution in [-0.2, 0) is 13.0 Å². The number of carbonyl (C=O) groups excluding carboxylic acids is 1. The van der Waals surface area contributed by atoms with Crippen molar-refractivity contribution in [3.63, 3.8) is 0 Å². The van der Waals surface area contributed by atoms with Gasteiger partial charge >= 0.3 is 0 Å². The number of rotatable bonds is 5. The zero-order chi connectivity index (χ0) is 21.5. The number of hydrogen-bond donors (Lipinski definition) is 2. The Morgan fingerprint density at radius 1 is 1.32 bits per heavy atom. The van der Waals surface area contributed by atoms with Crippen molar-refractivity contribution in [3.8, 4) is 17.0 Å². The van der Waals surface area contributed by atoms with Gasteiger partial charge in [0.25, 0.3) is 0 Å². The smallest absolute Gasteiger partial charge is 0.171 e. The van der Waals surface area contributed by atoms with Crippen LogP contribution in [0.1, 0.15) is 15.9 Å². The van der Waals surface area contributed by atoms with E-state index in [9.17, 15) is 4.79 Å². The van der Waals surface area contributed by atoms with Crippen LogP contribution in [-0.4, -0.2) is 38.7 Å². The van der Waals surface area contributed by atoms with Gasteiger partial charge in [-0.15, -0.1) is 0 Å². The number of fused-ring (bicyclic) bond motifs is 2. The molecule has 0 amide bonds. The number of aromatic amines is 1. The molecule has 0 fully saturated rings. The standard InChI is InChI=1S/C22H19Cl2N5O2/c23-14-1-2-20-12(6-14)5-13(11-31-20)21(30)17-10-29(4-3-25)19-7-18(26-8-15(17)19)16-9-27-28-22(16)24/h1-2,6-10,13H,3-5,11,25H2,(H,27,28). The molecule has 158 valence electrons. The maximum absolute atomic E-state index is 13.5. The van der Waals surface area contributed by atoms with Gasteiger partial charge in [-0.25, -0.2) is 0 Å². The van der Waals surface area contributed by atoms with Crippen molar-refractivity contribution in [2.24, 2.45) is 11.7 Å². The Balaban J connectivity index is 1.53. The maximum atomic E-state index is 13.5. The quantitative estimate of drug-likeness (QED) is 0.440. The monoisotopic (exact) mass is 455 g/mol. The van der Waals surface area contributed by atoms with Gasteiger partial charge in [0, 0.05) is 47.7 Å². The van der Waals surface area contributed by atoms with Crippen LogP contribution < -0.4 is 10.5 Å². The summed E-state index contributed by atoms with van der Waals surface area (Å²) in [6.45, 7) is 1.35. The van der Waals surface area contributed by atoms with Crippen LogP contribution in [0.25, 0.3) is 22.2 Å². The summed E-state index contributed by atoms with van der Waals surface area (Å²) in [5.74, 6) is 0.496. The summed E-state index contributed by atoms with van der Waals surface area (Å²) in [6.07, 6.45) is 5.84. The Bertz CT molecular complexity index is 1300. The van der Waals surface area contributed by atoms with Crippen LogP contribution in [0.15, 0.2) is 42.9 Å². The van der Waals surface area contributed by atoms with Crippen LogP contribution in [0.4, 0.5) is 0 Å². The number of pyridine rings is 1. The van der Waals surface area contributed by atoms with Gasteiger partial charge in [-0.1, -0.05) is 23.2 Å². The Kier molecular flexibility index (Phi) is 5.17. The Labute approximate surface area is 188 Å². The number of aromatic nitrogens is 4. The highest BCUT2D eigenvalue weighted by atomic mass is 35.5. The SMILES string of the molecule is NCCn1cc(C(=O)C2COc3ccc(Cl)cc3C2)c2cnc(-c3c[nH]nc3Cl)cc21. The molecular weight excluding hydrogens is 437 g/mol. The van der Waals surface area contributed by atoms with Gasteiger partial charge in [-0.3, -0.25) is 14.9 Å². The van der Waals surface area contributed by atoms with Crippen LogP contribution in [0.5, 0.6) is 5.75 Å². The molecule has 0 spiro atoms. The second-order valence-corrected chi connectivity index (χ2v) is 8.32. The van der Waals surface area contributed by atoms with Crippen molar-refractivity contribution < 1.29 is 9.53 Å². The molecule has 3 N–H and O–H groups in total. The van der Waals surface area contributed by atoms with E-state index >= 15 is 0 Å². The molecule has 0 saturated carbocycles. The summed E-state index contributed by atoms with van der Waals surface area (Å²) in [4.78, 5) is 18.0. The van der Waals surface area contributed by atoms with E-state index in [-0.39, 0.29) is 11.7 Å². The number of ketones is 1. The van der Waals surface area contributed by atoms with Crippen LogP contribution >= 0.6 is 23.2 Å². The van der Waals surface area contributed by atoms with Crippen molar-refractivity contribution in [2.45, 2.75) is 13.0 Å². The molecule has 1 aromatic carbocycles. The minimum Gasteiger partial charge on any atom is -0.493 e. The molecule has 4 heterocycles. The average molecular weight is 456 g/mol. The molecule has 0 aliphatic carbocycles. The average Bonchev–Trinajstić information content (AvgIpc) is 3.36. The highest BCUT2D eigenvalue weighted by Crippen LogP contribution is 2.34. The Hall–Kier alpha value is -2.87. The zero-order valence-corrected chi connectivity index (χ0v) is 18.0. The van der Waals surface area contributed by atoms with Gasteiger partial charge in [-0.05, 0) is 36.2 Å². The lowest BCUT2D eigenvalue weighted by molar-refractivity contribution is 0.0856. The summed E-state index contributed by atoms with van der Waals surface area (Å²) in [7, 11) is 0. The summed E-state index contributed by atoms with van der Waals surface area (Å²) >= 11 is 12.3. The highest BCUT2D eigenvalue weighted by Gasteiger charge is 2.29. The van der Waals surface area contributed by atoms with E-state index in [1.807, 2.05) is 29.0 Å². The Morgan fingerprint density at radius 3 is 2.97 bits per heavy atom. The first-order valence-electron chi connectivity index (χ1n) is 9.89. The molecule has 9 heteroatoms. The van der Waals surface area contributed by atoms with E-state index in [4.69, 9.17) is 33.7 Å². The van der Waals surface area contributed by atoms with Crippen molar-refractivity contribution in [3.05, 3.63) is 64.2 Å². The number of nitrogens with one attached hydrogen (secondary N) is 1. The predicted octanol–water partition coefficient (Wildman–Crippen LogP) is 4.13. The van der Waals surface area contributed by atoms with Gasteiger partial charge in [0.1, 0.15) is 5.75 Å². The fourth-order valence-corrected chi connectivity index (χ4v) is 4.45. The van der Waals surface area contributed by atoms with E-state index in [0.717, 1.165) is 22.2 Å². The molecule has 0 saturated heterocycles. The largest absolute Gasteiger partial charge is 0.493 e. The third kappa shape index (κ3) is 3.59. The fourth-order valence-electron chi connectivity index (χ4n) is 4.06. The first-order valence-corrected chi connectivity index (χ1v) is 10.6. The normalized spacial score (nSPS) is 15.6. The third-order valence-electron chi connectivity index (χ3n) is 5.57. The minimum absolute atomic E-state index is 0.0160. The first-order chi connectivity index (χ1) is 15.0. The van der Waals surface area contributed by atoms with E-state index < -0.39 is 0 Å². The lowest BCUT2D eigenvalue weighted by Crippen LogP contribution is -2.28. The Morgan fingerprint density at radius 2 is 2.19 bits per heavy atom. The van der Waals surface area contributed by atoms with Gasteiger partial charge < -0.3 is 15.0 Å². The molecule has 4 aromatic rings. The number of ether oxygens (including phenoxy) is 1. The van der Waals surface area contributed by atoms with Gasteiger partial charge in [0.15, 0.2) is 10.9 Å². The molecule has 0 bridgehead atoms. The zero-order valence-electron chi connectivity index (χ0n) is 16.4. The minimum atomic E-state index is -0.300. The van der Waals surface area contributed by atoms with Crippen molar-refractivity contribution >= 4 is 39.9 Å². The van der Waals surface area contributed by atoms with Crippen molar-refractivity contribution in [1.82, 2.24) is 19.7 Å². The number of H-pyrrole nitrogens is 1. The fraction of sp³-hybridized carbons (Fsp3) is 0.227. The van der Waals surface area contributed by atoms with E-state index in [2.05, 4.69) is 15.2 Å². The molecule has 31 heavy (non-hydrogen) atoms. The predicted molar refractivity (Wildman–Crippen MR) is 120 cm³/mol.